The van der Waals surface area contributed by atoms with Gasteiger partial charge in [0.15, 0.2) is 5.78 Å². The molecule has 122 valence electrons. The van der Waals surface area contributed by atoms with Crippen LogP contribution in [0.4, 0.5) is 13.2 Å². The van der Waals surface area contributed by atoms with Gasteiger partial charge in [0.05, 0.1) is 5.56 Å². The van der Waals surface area contributed by atoms with E-state index in [4.69, 9.17) is 0 Å². The first-order chi connectivity index (χ1) is 10.6. The summed E-state index contributed by atoms with van der Waals surface area (Å²) in [6, 6.07) is 12.1. The van der Waals surface area contributed by atoms with E-state index in [2.05, 4.69) is 0 Å². The molecule has 2 aromatic rings. The van der Waals surface area contributed by atoms with Crippen molar-refractivity contribution in [3.05, 3.63) is 65.2 Å². The maximum Gasteiger partial charge on any atom is 0.417 e. The maximum atomic E-state index is 13.2. The highest BCUT2D eigenvalue weighted by Crippen LogP contribution is 2.41. The van der Waals surface area contributed by atoms with E-state index in [0.29, 0.717) is 5.56 Å². The van der Waals surface area contributed by atoms with Crippen molar-refractivity contribution in [1.82, 2.24) is 0 Å². The molecular formula is C18H17F3OS. The highest BCUT2D eigenvalue weighted by molar-refractivity contribution is 8.00. The topological polar surface area (TPSA) is 17.1 Å². The number of carbonyl (C=O) groups excluding carboxylic acids is 1. The van der Waals surface area contributed by atoms with Crippen molar-refractivity contribution in [1.29, 1.82) is 0 Å². The van der Waals surface area contributed by atoms with Gasteiger partial charge in [0.2, 0.25) is 0 Å². The summed E-state index contributed by atoms with van der Waals surface area (Å²) in [5.41, 5.74) is 0.0111. The molecule has 0 aliphatic rings. The Kier molecular flexibility index (Phi) is 4.90. The molecule has 0 atom stereocenters. The molecule has 0 aromatic heterocycles. The number of hydrogen-bond acceptors (Lipinski definition) is 2. The van der Waals surface area contributed by atoms with E-state index in [1.807, 2.05) is 20.8 Å². The first-order valence-corrected chi connectivity index (χ1v) is 7.89. The van der Waals surface area contributed by atoms with Gasteiger partial charge >= 0.3 is 6.18 Å². The van der Waals surface area contributed by atoms with E-state index in [1.54, 1.807) is 30.3 Å². The molecule has 0 amide bonds. The van der Waals surface area contributed by atoms with Crippen LogP contribution in [0.5, 0.6) is 0 Å². The average molecular weight is 338 g/mol. The molecule has 0 unspecified atom stereocenters. The van der Waals surface area contributed by atoms with Gasteiger partial charge in [-0.3, -0.25) is 4.79 Å². The lowest BCUT2D eigenvalue weighted by Gasteiger charge is -2.21. The molecule has 2 rings (SSSR count). The Hall–Kier alpha value is -1.75. The minimum Gasteiger partial charge on any atom is -0.289 e. The van der Waals surface area contributed by atoms with E-state index in [0.717, 1.165) is 17.8 Å². The third-order valence-electron chi connectivity index (χ3n) is 3.00. The van der Waals surface area contributed by atoms with Gasteiger partial charge in [-0.1, -0.05) is 57.2 Å². The SMILES string of the molecule is CC(C)(C)Sc1cc(C(=O)c2ccccc2)ccc1C(F)(F)F. The lowest BCUT2D eigenvalue weighted by molar-refractivity contribution is -0.139. The molecule has 0 aliphatic heterocycles. The van der Waals surface area contributed by atoms with Crippen molar-refractivity contribution < 1.29 is 18.0 Å². The Balaban J connectivity index is 2.48. The average Bonchev–Trinajstić information content (AvgIpc) is 2.44. The van der Waals surface area contributed by atoms with Crippen LogP contribution in [0, 0.1) is 0 Å². The smallest absolute Gasteiger partial charge is 0.289 e. The molecule has 0 bridgehead atoms. The summed E-state index contributed by atoms with van der Waals surface area (Å²) in [6.07, 6.45) is -4.44. The first-order valence-electron chi connectivity index (χ1n) is 7.08. The maximum absolute atomic E-state index is 13.2. The van der Waals surface area contributed by atoms with Crippen LogP contribution in [0.2, 0.25) is 0 Å². The molecule has 1 nitrogen and oxygen atoms in total. The Bertz CT molecular complexity index is 700. The summed E-state index contributed by atoms with van der Waals surface area (Å²) in [6.45, 7) is 5.51. The van der Waals surface area contributed by atoms with Gasteiger partial charge in [-0.15, -0.1) is 11.8 Å². The predicted molar refractivity (Wildman–Crippen MR) is 86.9 cm³/mol. The van der Waals surface area contributed by atoms with Gasteiger partial charge in [-0.05, 0) is 12.1 Å². The molecule has 0 heterocycles. The van der Waals surface area contributed by atoms with Crippen LogP contribution in [0.1, 0.15) is 42.3 Å². The molecule has 0 spiro atoms. The molecule has 0 aliphatic carbocycles. The van der Waals surface area contributed by atoms with Gasteiger partial charge < -0.3 is 0 Å². The van der Waals surface area contributed by atoms with Crippen molar-refractivity contribution >= 4 is 17.5 Å². The van der Waals surface area contributed by atoms with Crippen LogP contribution < -0.4 is 0 Å². The number of alkyl halides is 3. The highest BCUT2D eigenvalue weighted by Gasteiger charge is 2.35. The monoisotopic (exact) mass is 338 g/mol. The van der Waals surface area contributed by atoms with Crippen LogP contribution in [0.25, 0.3) is 0 Å². The number of halogens is 3. The lowest BCUT2D eigenvalue weighted by Crippen LogP contribution is -2.13. The zero-order valence-electron chi connectivity index (χ0n) is 13.1. The molecule has 0 saturated heterocycles. The van der Waals surface area contributed by atoms with Crippen molar-refractivity contribution in [2.75, 3.05) is 0 Å². The summed E-state index contributed by atoms with van der Waals surface area (Å²) in [5.74, 6) is -0.282. The summed E-state index contributed by atoms with van der Waals surface area (Å²) in [5, 5.41) is 0. The van der Waals surface area contributed by atoms with Gasteiger partial charge in [-0.25, -0.2) is 0 Å². The van der Waals surface area contributed by atoms with Crippen LogP contribution >= 0.6 is 11.8 Å². The number of carbonyl (C=O) groups is 1. The van der Waals surface area contributed by atoms with Crippen molar-refractivity contribution in [3.8, 4) is 0 Å². The largest absolute Gasteiger partial charge is 0.417 e. The molecule has 0 saturated carbocycles. The van der Waals surface area contributed by atoms with E-state index in [9.17, 15) is 18.0 Å². The Morgan fingerprint density at radius 3 is 2.04 bits per heavy atom. The van der Waals surface area contributed by atoms with E-state index in [1.165, 1.54) is 12.1 Å². The minimum atomic E-state index is -4.44. The molecule has 2 aromatic carbocycles. The number of thioether (sulfide) groups is 1. The minimum absolute atomic E-state index is 0.0757. The number of benzene rings is 2. The van der Waals surface area contributed by atoms with Crippen LogP contribution in [-0.2, 0) is 6.18 Å². The van der Waals surface area contributed by atoms with Crippen molar-refractivity contribution in [3.63, 3.8) is 0 Å². The van der Waals surface area contributed by atoms with Crippen LogP contribution in [0.3, 0.4) is 0 Å². The van der Waals surface area contributed by atoms with Crippen LogP contribution in [0.15, 0.2) is 53.4 Å². The molecule has 23 heavy (non-hydrogen) atoms. The third-order valence-corrected chi connectivity index (χ3v) is 4.17. The summed E-state index contributed by atoms with van der Waals surface area (Å²) < 4.78 is 39.1. The van der Waals surface area contributed by atoms with Gasteiger partial charge in [0, 0.05) is 20.8 Å². The Morgan fingerprint density at radius 2 is 1.52 bits per heavy atom. The standard InChI is InChI=1S/C18H17F3OS/c1-17(2,3)23-15-11-13(9-10-14(15)18(19,20)21)16(22)12-7-5-4-6-8-12/h4-11H,1-3H3. The second-order valence-electron chi connectivity index (χ2n) is 6.12. The number of ketones is 1. The van der Waals surface area contributed by atoms with E-state index >= 15 is 0 Å². The zero-order chi connectivity index (χ0) is 17.3. The fourth-order valence-electron chi connectivity index (χ4n) is 2.07. The highest BCUT2D eigenvalue weighted by atomic mass is 32.2. The number of hydrogen-bond donors (Lipinski definition) is 0. The van der Waals surface area contributed by atoms with Gasteiger partial charge in [0.1, 0.15) is 0 Å². The van der Waals surface area contributed by atoms with Crippen molar-refractivity contribution in [2.24, 2.45) is 0 Å². The second kappa shape index (κ2) is 6.40. The second-order valence-corrected chi connectivity index (χ2v) is 7.99. The molecule has 0 N–H and O–H groups in total. The van der Waals surface area contributed by atoms with E-state index < -0.39 is 16.5 Å². The Morgan fingerprint density at radius 1 is 0.913 bits per heavy atom. The van der Waals surface area contributed by atoms with Crippen molar-refractivity contribution in [2.45, 2.75) is 36.6 Å². The summed E-state index contributed by atoms with van der Waals surface area (Å²) >= 11 is 1.11. The molecule has 0 radical (unpaired) electrons. The summed E-state index contributed by atoms with van der Waals surface area (Å²) in [7, 11) is 0. The molecule has 0 fully saturated rings. The zero-order valence-corrected chi connectivity index (χ0v) is 13.9. The quantitative estimate of drug-likeness (QED) is 0.517. The lowest BCUT2D eigenvalue weighted by atomic mass is 10.0. The molecular weight excluding hydrogens is 321 g/mol. The Labute approximate surface area is 137 Å². The predicted octanol–water partition coefficient (Wildman–Crippen LogP) is 5.83. The fraction of sp³-hybridized carbons (Fsp3) is 0.278. The first kappa shape index (κ1) is 17.6. The fourth-order valence-corrected chi connectivity index (χ4v) is 3.21. The van der Waals surface area contributed by atoms with Gasteiger partial charge in [-0.2, -0.15) is 13.2 Å². The third kappa shape index (κ3) is 4.61. The number of rotatable bonds is 3. The van der Waals surface area contributed by atoms with Crippen LogP contribution in [-0.4, -0.2) is 10.5 Å². The van der Waals surface area contributed by atoms with Gasteiger partial charge in [0.25, 0.3) is 0 Å². The van der Waals surface area contributed by atoms with E-state index in [-0.39, 0.29) is 16.2 Å². The normalized spacial score (nSPS) is 12.3. The summed E-state index contributed by atoms with van der Waals surface area (Å²) in [4.78, 5) is 12.5. The molecule has 5 heteroatoms.